The monoisotopic (exact) mass is 394 g/mol. The quantitative estimate of drug-likeness (QED) is 0.633. The summed E-state index contributed by atoms with van der Waals surface area (Å²) in [6, 6.07) is 9.75. The third-order valence-corrected chi connectivity index (χ3v) is 4.94. The highest BCUT2D eigenvalue weighted by Crippen LogP contribution is 2.29. The zero-order valence-electron chi connectivity index (χ0n) is 16.3. The van der Waals surface area contributed by atoms with Crippen LogP contribution in [0.25, 0.3) is 5.69 Å². The molecule has 29 heavy (non-hydrogen) atoms. The molecule has 0 aliphatic heterocycles. The second-order valence-electron chi connectivity index (χ2n) is 7.19. The molecule has 7 heteroatoms. The Morgan fingerprint density at radius 1 is 1.28 bits per heavy atom. The Morgan fingerprint density at radius 2 is 2.07 bits per heavy atom. The molecule has 1 aromatic carbocycles. The molecule has 1 fully saturated rings. The van der Waals surface area contributed by atoms with Gasteiger partial charge in [0.1, 0.15) is 5.82 Å². The number of hydrogen-bond acceptors (Lipinski definition) is 4. The van der Waals surface area contributed by atoms with Crippen LogP contribution < -0.4 is 10.1 Å². The van der Waals surface area contributed by atoms with Crippen LogP contribution in [0.2, 0.25) is 0 Å². The van der Waals surface area contributed by atoms with Crippen LogP contribution in [-0.4, -0.2) is 27.3 Å². The summed E-state index contributed by atoms with van der Waals surface area (Å²) in [6.45, 7) is 3.03. The van der Waals surface area contributed by atoms with Crippen molar-refractivity contribution in [2.45, 2.75) is 32.7 Å². The summed E-state index contributed by atoms with van der Waals surface area (Å²) in [6.07, 6.45) is 6.30. The maximum Gasteiger partial charge on any atom is 0.255 e. The van der Waals surface area contributed by atoms with E-state index in [1.54, 1.807) is 29.2 Å². The summed E-state index contributed by atoms with van der Waals surface area (Å²) >= 11 is 0. The van der Waals surface area contributed by atoms with E-state index in [0.29, 0.717) is 42.6 Å². The lowest BCUT2D eigenvalue weighted by molar-refractivity contribution is 0.0950. The summed E-state index contributed by atoms with van der Waals surface area (Å²) in [5.74, 6) is 0.731. The predicted molar refractivity (Wildman–Crippen MR) is 107 cm³/mol. The molecule has 0 bridgehead atoms. The number of rotatable bonds is 8. The van der Waals surface area contributed by atoms with Crippen LogP contribution in [0.15, 0.2) is 48.8 Å². The van der Waals surface area contributed by atoms with Crippen LogP contribution in [0.5, 0.6) is 5.88 Å². The minimum absolute atomic E-state index is 0.201. The Morgan fingerprint density at radius 3 is 2.79 bits per heavy atom. The molecule has 6 nitrogen and oxygen atoms in total. The number of amides is 1. The van der Waals surface area contributed by atoms with Crippen LogP contribution in [0.4, 0.5) is 4.39 Å². The van der Waals surface area contributed by atoms with Gasteiger partial charge in [-0.3, -0.25) is 4.79 Å². The average Bonchev–Trinajstić information content (AvgIpc) is 3.48. The lowest BCUT2D eigenvalue weighted by Crippen LogP contribution is -2.24. The molecule has 1 aliphatic rings. The number of nitrogens with zero attached hydrogens (tertiary/aromatic N) is 3. The Balaban J connectivity index is 1.43. The molecule has 4 rings (SSSR count). The van der Waals surface area contributed by atoms with Gasteiger partial charge in [-0.15, -0.1) is 0 Å². The molecule has 1 amide bonds. The lowest BCUT2D eigenvalue weighted by Gasteiger charge is -2.09. The number of aromatic nitrogens is 3. The first-order valence-corrected chi connectivity index (χ1v) is 9.83. The summed E-state index contributed by atoms with van der Waals surface area (Å²) in [5.41, 5.74) is 2.92. The molecule has 2 heterocycles. The molecular formula is C22H23FN4O2. The van der Waals surface area contributed by atoms with Gasteiger partial charge in [-0.05, 0) is 61.1 Å². The first kappa shape index (κ1) is 19.1. The molecular weight excluding hydrogens is 371 g/mol. The van der Waals surface area contributed by atoms with Crippen molar-refractivity contribution in [2.24, 2.45) is 5.92 Å². The number of ether oxygens (including phenoxy) is 1. The Hall–Kier alpha value is -3.22. The first-order valence-electron chi connectivity index (χ1n) is 9.83. The van der Waals surface area contributed by atoms with Gasteiger partial charge in [0.25, 0.3) is 5.91 Å². The summed E-state index contributed by atoms with van der Waals surface area (Å²) in [7, 11) is 0. The fraction of sp³-hybridized carbons (Fsp3) is 0.318. The van der Waals surface area contributed by atoms with Crippen molar-refractivity contribution in [1.82, 2.24) is 20.1 Å². The number of nitrogens with one attached hydrogen (secondary N) is 1. The topological polar surface area (TPSA) is 69.0 Å². The van der Waals surface area contributed by atoms with Gasteiger partial charge in [-0.1, -0.05) is 6.92 Å². The van der Waals surface area contributed by atoms with Crippen LogP contribution in [-0.2, 0) is 13.0 Å². The van der Waals surface area contributed by atoms with Crippen molar-refractivity contribution >= 4 is 5.91 Å². The molecule has 0 atom stereocenters. The smallest absolute Gasteiger partial charge is 0.255 e. The van der Waals surface area contributed by atoms with Gasteiger partial charge in [-0.25, -0.2) is 14.1 Å². The van der Waals surface area contributed by atoms with Gasteiger partial charge >= 0.3 is 0 Å². The average molecular weight is 394 g/mol. The van der Waals surface area contributed by atoms with Crippen LogP contribution in [0.1, 0.15) is 41.4 Å². The van der Waals surface area contributed by atoms with Crippen molar-refractivity contribution in [1.29, 1.82) is 0 Å². The lowest BCUT2D eigenvalue weighted by atomic mass is 10.1. The van der Waals surface area contributed by atoms with Crippen molar-refractivity contribution < 1.29 is 13.9 Å². The van der Waals surface area contributed by atoms with Gasteiger partial charge < -0.3 is 10.1 Å². The van der Waals surface area contributed by atoms with E-state index in [1.807, 2.05) is 19.1 Å². The van der Waals surface area contributed by atoms with E-state index in [0.717, 1.165) is 11.3 Å². The van der Waals surface area contributed by atoms with Gasteiger partial charge in [-0.2, -0.15) is 5.10 Å². The number of carbonyl (C=O) groups is 1. The van der Waals surface area contributed by atoms with E-state index in [4.69, 9.17) is 4.74 Å². The highest BCUT2D eigenvalue weighted by Gasteiger charge is 2.22. The van der Waals surface area contributed by atoms with E-state index in [-0.39, 0.29) is 11.7 Å². The standard InChI is InChI=1S/C22H23FN4O2/c1-2-20-19(13-26-27(20)18-7-5-17(23)6-8-18)22(28)25-12-16-9-10-24-21(11-16)29-14-15-3-4-15/h5-11,13,15H,2-4,12,14H2,1H3,(H,25,28). The second kappa shape index (κ2) is 8.43. The largest absolute Gasteiger partial charge is 0.477 e. The molecule has 0 unspecified atom stereocenters. The Bertz CT molecular complexity index is 996. The predicted octanol–water partition coefficient (Wildman–Crippen LogP) is 3.69. The second-order valence-corrected chi connectivity index (χ2v) is 7.19. The van der Waals surface area contributed by atoms with Crippen LogP contribution >= 0.6 is 0 Å². The summed E-state index contributed by atoms with van der Waals surface area (Å²) in [4.78, 5) is 17.0. The molecule has 150 valence electrons. The Labute approximate surface area is 168 Å². The minimum atomic E-state index is -0.310. The van der Waals surface area contributed by atoms with E-state index in [2.05, 4.69) is 15.4 Å². The number of carbonyl (C=O) groups excluding carboxylic acids is 1. The minimum Gasteiger partial charge on any atom is -0.477 e. The van der Waals surface area contributed by atoms with E-state index < -0.39 is 0 Å². The number of benzene rings is 1. The van der Waals surface area contributed by atoms with E-state index >= 15 is 0 Å². The number of pyridine rings is 1. The van der Waals surface area contributed by atoms with Gasteiger partial charge in [0, 0.05) is 18.8 Å². The van der Waals surface area contributed by atoms with Gasteiger partial charge in [0.05, 0.1) is 29.7 Å². The maximum absolute atomic E-state index is 13.2. The SMILES string of the molecule is CCc1c(C(=O)NCc2ccnc(OCC3CC3)c2)cnn1-c1ccc(F)cc1. The molecule has 1 saturated carbocycles. The highest BCUT2D eigenvalue weighted by molar-refractivity contribution is 5.95. The van der Waals surface area contributed by atoms with Gasteiger partial charge in [0.2, 0.25) is 5.88 Å². The fourth-order valence-corrected chi connectivity index (χ4v) is 3.11. The van der Waals surface area contributed by atoms with Crippen LogP contribution in [0, 0.1) is 11.7 Å². The van der Waals surface area contributed by atoms with Crippen LogP contribution in [0.3, 0.4) is 0 Å². The normalized spacial score (nSPS) is 13.3. The first-order chi connectivity index (χ1) is 14.1. The zero-order chi connectivity index (χ0) is 20.2. The fourth-order valence-electron chi connectivity index (χ4n) is 3.11. The van der Waals surface area contributed by atoms with Crippen molar-refractivity contribution in [3.05, 3.63) is 71.4 Å². The highest BCUT2D eigenvalue weighted by atomic mass is 19.1. The van der Waals surface area contributed by atoms with E-state index in [1.165, 1.54) is 25.0 Å². The summed E-state index contributed by atoms with van der Waals surface area (Å²) in [5, 5.41) is 7.26. The molecule has 1 aliphatic carbocycles. The van der Waals surface area contributed by atoms with Crippen molar-refractivity contribution in [2.75, 3.05) is 6.61 Å². The van der Waals surface area contributed by atoms with Crippen molar-refractivity contribution in [3.8, 4) is 11.6 Å². The molecule has 3 aromatic rings. The number of halogens is 1. The maximum atomic E-state index is 13.2. The molecule has 0 radical (unpaired) electrons. The molecule has 2 aromatic heterocycles. The molecule has 1 N–H and O–H groups in total. The van der Waals surface area contributed by atoms with Crippen molar-refractivity contribution in [3.63, 3.8) is 0 Å². The zero-order valence-corrected chi connectivity index (χ0v) is 16.3. The summed E-state index contributed by atoms with van der Waals surface area (Å²) < 4.78 is 20.6. The third kappa shape index (κ3) is 4.62. The molecule has 0 spiro atoms. The Kier molecular flexibility index (Phi) is 5.55. The van der Waals surface area contributed by atoms with Gasteiger partial charge in [0.15, 0.2) is 0 Å². The number of hydrogen-bond donors (Lipinski definition) is 1. The van der Waals surface area contributed by atoms with E-state index in [9.17, 15) is 9.18 Å². The third-order valence-electron chi connectivity index (χ3n) is 4.94. The molecule has 0 saturated heterocycles.